The van der Waals surface area contributed by atoms with Crippen LogP contribution in [0.25, 0.3) is 0 Å². The van der Waals surface area contributed by atoms with Gasteiger partial charge in [-0.1, -0.05) is 48.7 Å². The number of nitrogens with one attached hydrogen (secondary N) is 3. The van der Waals surface area contributed by atoms with Crippen LogP contribution in [0, 0.1) is 5.92 Å². The summed E-state index contributed by atoms with van der Waals surface area (Å²) in [4.78, 5) is 71.2. The van der Waals surface area contributed by atoms with E-state index in [-0.39, 0.29) is 32.0 Å². The number of rotatable bonds is 6. The van der Waals surface area contributed by atoms with Gasteiger partial charge in [0.25, 0.3) is 5.91 Å². The molecule has 0 aromatic heterocycles. The highest BCUT2D eigenvalue weighted by Crippen LogP contribution is 2.46. The molecule has 3 aliphatic carbocycles. The lowest BCUT2D eigenvalue weighted by Crippen LogP contribution is -2.58. The smallest absolute Gasteiger partial charge is 0.410 e. The van der Waals surface area contributed by atoms with Gasteiger partial charge in [0.2, 0.25) is 21.8 Å². The van der Waals surface area contributed by atoms with Crippen LogP contribution in [0.15, 0.2) is 30.4 Å². The van der Waals surface area contributed by atoms with Gasteiger partial charge in [-0.05, 0) is 75.0 Å². The highest BCUT2D eigenvalue weighted by atomic mass is 35.5. The average molecular weight is 746 g/mol. The molecule has 6 aliphatic rings. The van der Waals surface area contributed by atoms with E-state index in [0.29, 0.717) is 43.7 Å². The topological polar surface area (TPSA) is 181 Å². The Bertz CT molecular complexity index is 1730. The molecule has 3 aliphatic heterocycles. The molecule has 1 aromatic carbocycles. The Kier molecular flexibility index (Phi) is 9.96. The molecule has 16 heteroatoms. The van der Waals surface area contributed by atoms with Gasteiger partial charge in [-0.2, -0.15) is 0 Å². The Morgan fingerprint density at radius 2 is 1.76 bits per heavy atom. The van der Waals surface area contributed by atoms with Crippen molar-refractivity contribution in [1.82, 2.24) is 25.2 Å². The highest BCUT2D eigenvalue weighted by molar-refractivity contribution is 7.91. The number of nitrogens with zero attached hydrogens (tertiary/aromatic N) is 2. The second-order valence-corrected chi connectivity index (χ2v) is 17.0. The van der Waals surface area contributed by atoms with Crippen molar-refractivity contribution < 1.29 is 41.9 Å². The molecule has 1 saturated heterocycles. The van der Waals surface area contributed by atoms with E-state index in [1.807, 2.05) is 24.3 Å². The zero-order valence-corrected chi connectivity index (χ0v) is 29.9. The van der Waals surface area contributed by atoms with Crippen LogP contribution >= 0.6 is 11.6 Å². The molecule has 14 nitrogen and oxygen atoms in total. The van der Waals surface area contributed by atoms with Gasteiger partial charge in [0.05, 0.1) is 18.3 Å². The van der Waals surface area contributed by atoms with Crippen LogP contribution in [0.1, 0.15) is 88.2 Å². The molecule has 3 heterocycles. The number of hydrogen-bond donors (Lipinski definition) is 3. The van der Waals surface area contributed by atoms with E-state index in [2.05, 4.69) is 15.4 Å². The number of benzene rings is 1. The largest absolute Gasteiger partial charge is 0.446 e. The molecule has 7 rings (SSSR count). The van der Waals surface area contributed by atoms with Gasteiger partial charge in [-0.15, -0.1) is 0 Å². The molecule has 1 aromatic rings. The van der Waals surface area contributed by atoms with Crippen LogP contribution in [0.3, 0.4) is 0 Å². The third-order valence-corrected chi connectivity index (χ3v) is 13.1. The first-order valence-electron chi connectivity index (χ1n) is 18.0. The molecule has 276 valence electrons. The Hall–Kier alpha value is -3.85. The normalized spacial score (nSPS) is 29.7. The number of halogens is 1. The van der Waals surface area contributed by atoms with Crippen LogP contribution < -0.4 is 15.4 Å². The lowest BCUT2D eigenvalue weighted by atomic mass is 9.96. The molecule has 0 bridgehead atoms. The molecular weight excluding hydrogens is 702 g/mol. The summed E-state index contributed by atoms with van der Waals surface area (Å²) in [5.74, 6) is -2.47. The summed E-state index contributed by atoms with van der Waals surface area (Å²) in [5, 5.41) is 5.45. The fraction of sp³-hybridized carbons (Fsp3) is 0.629. The number of fused-ring (bicyclic) bond motifs is 3. The molecule has 3 N–H and O–H groups in total. The standard InChI is InChI=1S/C35H44ClN5O9S/c36-27-12-6-8-21-18-40(20-26(21)27)34(46)50-24-16-29-30(42)38-35(32(44)39-51(47,48)25-14-15-25)17-22(35)9-4-2-1-3-5-13-28(31(43)41(29)19-24)37-33(45)49-23-10-7-11-23/h4,6,8-9,12,22-25,28-29H,1-3,5,7,10-11,13-20H2,(H,37,45)(H,38,42)(H,39,44)/t22-,24-,28+,29+,35-/m1/s1. The molecule has 0 unspecified atom stereocenters. The number of carbonyl (C=O) groups is 5. The third kappa shape index (κ3) is 7.69. The molecule has 4 fully saturated rings. The minimum atomic E-state index is -3.90. The number of allylic oxidation sites excluding steroid dienone is 1. The Morgan fingerprint density at radius 3 is 2.49 bits per heavy atom. The summed E-state index contributed by atoms with van der Waals surface area (Å²) >= 11 is 6.35. The Balaban J connectivity index is 1.12. The van der Waals surface area contributed by atoms with Crippen LogP contribution in [0.2, 0.25) is 5.02 Å². The van der Waals surface area contributed by atoms with Gasteiger partial charge in [0.15, 0.2) is 0 Å². The van der Waals surface area contributed by atoms with E-state index in [0.717, 1.165) is 43.2 Å². The van der Waals surface area contributed by atoms with Crippen LogP contribution in [0.4, 0.5) is 9.59 Å². The van der Waals surface area contributed by atoms with E-state index in [9.17, 15) is 32.4 Å². The molecular formula is C35H44ClN5O9S. The summed E-state index contributed by atoms with van der Waals surface area (Å²) in [5.41, 5.74) is 0.202. The van der Waals surface area contributed by atoms with Gasteiger partial charge in [0, 0.05) is 23.9 Å². The number of sulfonamides is 1. The van der Waals surface area contributed by atoms with Crippen molar-refractivity contribution in [3.8, 4) is 0 Å². The van der Waals surface area contributed by atoms with Crippen molar-refractivity contribution in [2.45, 2.75) is 125 Å². The van der Waals surface area contributed by atoms with Crippen molar-refractivity contribution in [2.75, 3.05) is 6.54 Å². The monoisotopic (exact) mass is 745 g/mol. The van der Waals surface area contributed by atoms with Gasteiger partial charge in [0.1, 0.15) is 29.8 Å². The maximum Gasteiger partial charge on any atom is 0.410 e. The predicted molar refractivity (Wildman–Crippen MR) is 183 cm³/mol. The van der Waals surface area contributed by atoms with Crippen molar-refractivity contribution in [1.29, 1.82) is 0 Å². The summed E-state index contributed by atoms with van der Waals surface area (Å²) in [6.07, 6.45) is 8.03. The van der Waals surface area contributed by atoms with E-state index in [4.69, 9.17) is 21.1 Å². The van der Waals surface area contributed by atoms with E-state index in [1.54, 1.807) is 6.07 Å². The lowest BCUT2D eigenvalue weighted by Gasteiger charge is -2.31. The fourth-order valence-electron chi connectivity index (χ4n) is 7.39. The molecule has 5 atom stereocenters. The number of ether oxygens (including phenoxy) is 2. The van der Waals surface area contributed by atoms with Crippen LogP contribution in [-0.2, 0) is 47.0 Å². The molecule has 51 heavy (non-hydrogen) atoms. The van der Waals surface area contributed by atoms with Gasteiger partial charge < -0.3 is 25.0 Å². The summed E-state index contributed by atoms with van der Waals surface area (Å²) in [6, 6.07) is 3.27. The minimum absolute atomic E-state index is 0.0668. The summed E-state index contributed by atoms with van der Waals surface area (Å²) in [7, 11) is -3.90. The first kappa shape index (κ1) is 35.5. The maximum atomic E-state index is 14.3. The first-order valence-corrected chi connectivity index (χ1v) is 19.9. The van der Waals surface area contributed by atoms with Crippen LogP contribution in [-0.4, -0.2) is 89.8 Å². The second kappa shape index (κ2) is 14.3. The van der Waals surface area contributed by atoms with Crippen LogP contribution in [0.5, 0.6) is 0 Å². The van der Waals surface area contributed by atoms with E-state index in [1.165, 1.54) is 9.80 Å². The fourth-order valence-corrected chi connectivity index (χ4v) is 9.01. The van der Waals surface area contributed by atoms with Crippen molar-refractivity contribution >= 4 is 51.5 Å². The van der Waals surface area contributed by atoms with Crippen molar-refractivity contribution in [3.05, 3.63) is 46.5 Å². The summed E-state index contributed by atoms with van der Waals surface area (Å²) in [6.45, 7) is 0.413. The number of hydrogen-bond acceptors (Lipinski definition) is 9. The Labute approximate surface area is 302 Å². The maximum absolute atomic E-state index is 14.3. The summed E-state index contributed by atoms with van der Waals surface area (Å²) < 4.78 is 39.1. The van der Waals surface area contributed by atoms with E-state index < -0.39 is 74.8 Å². The number of amides is 5. The zero-order chi connectivity index (χ0) is 35.9. The first-order chi connectivity index (χ1) is 24.4. The lowest BCUT2D eigenvalue weighted by molar-refractivity contribution is -0.141. The zero-order valence-electron chi connectivity index (χ0n) is 28.3. The number of carbonyl (C=O) groups excluding carboxylic acids is 5. The minimum Gasteiger partial charge on any atom is -0.446 e. The van der Waals surface area contributed by atoms with Crippen molar-refractivity contribution in [3.63, 3.8) is 0 Å². The van der Waals surface area contributed by atoms with Gasteiger partial charge >= 0.3 is 12.2 Å². The number of alkyl carbamates (subject to hydrolysis) is 1. The predicted octanol–water partition coefficient (Wildman–Crippen LogP) is 3.41. The molecule has 5 amide bonds. The van der Waals surface area contributed by atoms with E-state index >= 15 is 0 Å². The third-order valence-electron chi connectivity index (χ3n) is 10.9. The molecule has 3 saturated carbocycles. The quantitative estimate of drug-likeness (QED) is 0.368. The SMILES string of the molecule is O=C(N[C@H]1CCCCCC=C[C@@H]2C[C@@]2(C(=O)NS(=O)(=O)C2CC2)NC(=O)[C@@H]2C[C@@H](OC(=O)N3Cc4cccc(Cl)c4C3)CN2C1=O)OC1CCC1. The van der Waals surface area contributed by atoms with Gasteiger partial charge in [-0.3, -0.25) is 24.0 Å². The average Bonchev–Trinajstić information content (AvgIpc) is 3.95. The van der Waals surface area contributed by atoms with Gasteiger partial charge in [-0.25, -0.2) is 18.0 Å². The van der Waals surface area contributed by atoms with Crippen molar-refractivity contribution in [2.24, 2.45) is 5.92 Å². The Morgan fingerprint density at radius 1 is 0.961 bits per heavy atom. The molecule has 0 radical (unpaired) electrons. The molecule has 0 spiro atoms. The second-order valence-electron chi connectivity index (χ2n) is 14.6. The highest BCUT2D eigenvalue weighted by Gasteiger charge is 2.62.